The minimum Gasteiger partial charge on any atom is -0.397 e. The lowest BCUT2D eigenvalue weighted by Gasteiger charge is -2.22. The first-order chi connectivity index (χ1) is 9.13. The number of hydrogen-bond acceptors (Lipinski definition) is 3. The van der Waals surface area contributed by atoms with Gasteiger partial charge in [-0.1, -0.05) is 12.1 Å². The summed E-state index contributed by atoms with van der Waals surface area (Å²) in [6.45, 7) is 2.33. The van der Waals surface area contributed by atoms with Crippen LogP contribution in [0.2, 0.25) is 0 Å². The highest BCUT2D eigenvalue weighted by Gasteiger charge is 2.17. The minimum atomic E-state index is -0.303. The predicted molar refractivity (Wildman–Crippen MR) is 75.3 cm³/mol. The number of nitrogens with one attached hydrogen (secondary N) is 1. The number of carbonyl (C=O) groups excluding carboxylic acids is 1. The molecule has 0 spiro atoms. The molecular formula is C14H15N3O2. The van der Waals surface area contributed by atoms with Gasteiger partial charge in [-0.3, -0.25) is 9.59 Å². The van der Waals surface area contributed by atoms with E-state index in [2.05, 4.69) is 4.98 Å². The summed E-state index contributed by atoms with van der Waals surface area (Å²) < 4.78 is 0. The molecule has 0 fully saturated rings. The number of para-hydroxylation sites is 2. The molecule has 1 aromatic carbocycles. The number of nitrogens with two attached hydrogens (primary N) is 1. The first kappa shape index (κ1) is 12.9. The molecule has 0 aliphatic carbocycles. The van der Waals surface area contributed by atoms with E-state index in [-0.39, 0.29) is 11.5 Å². The summed E-state index contributed by atoms with van der Waals surface area (Å²) in [5.74, 6) is -0.244. The van der Waals surface area contributed by atoms with E-state index in [0.717, 1.165) is 0 Å². The molecule has 0 saturated heterocycles. The minimum absolute atomic E-state index is 0.244. The van der Waals surface area contributed by atoms with Gasteiger partial charge in [-0.2, -0.15) is 0 Å². The second-order valence-electron chi connectivity index (χ2n) is 4.05. The van der Waals surface area contributed by atoms with Crippen molar-refractivity contribution >= 4 is 17.3 Å². The fraction of sp³-hybridized carbons (Fsp3) is 0.143. The quantitative estimate of drug-likeness (QED) is 0.820. The Labute approximate surface area is 110 Å². The van der Waals surface area contributed by atoms with Gasteiger partial charge in [-0.05, 0) is 25.1 Å². The van der Waals surface area contributed by atoms with Crippen LogP contribution in [0.25, 0.3) is 0 Å². The topological polar surface area (TPSA) is 79.2 Å². The maximum atomic E-state index is 12.4. The average molecular weight is 257 g/mol. The number of aromatic nitrogens is 1. The Hall–Kier alpha value is -2.56. The normalized spacial score (nSPS) is 10.2. The van der Waals surface area contributed by atoms with Crippen LogP contribution >= 0.6 is 0 Å². The number of rotatable bonds is 3. The Balaban J connectivity index is 2.41. The Kier molecular flexibility index (Phi) is 3.66. The molecule has 1 heterocycles. The molecule has 0 saturated carbocycles. The fourth-order valence-corrected chi connectivity index (χ4v) is 1.89. The van der Waals surface area contributed by atoms with Crippen LogP contribution < -0.4 is 16.2 Å². The number of benzene rings is 1. The summed E-state index contributed by atoms with van der Waals surface area (Å²) in [5, 5.41) is 0. The molecule has 0 radical (unpaired) electrons. The van der Waals surface area contributed by atoms with Crippen molar-refractivity contribution in [1.82, 2.24) is 4.98 Å². The number of hydrogen-bond donors (Lipinski definition) is 2. The molecule has 0 bridgehead atoms. The van der Waals surface area contributed by atoms with Crippen molar-refractivity contribution in [2.24, 2.45) is 0 Å². The molecule has 2 aromatic rings. The van der Waals surface area contributed by atoms with Crippen LogP contribution in [-0.2, 0) is 0 Å². The molecule has 98 valence electrons. The lowest BCUT2D eigenvalue weighted by Crippen LogP contribution is -2.32. The third-order valence-electron chi connectivity index (χ3n) is 2.81. The number of pyridine rings is 1. The maximum Gasteiger partial charge on any atom is 0.258 e. The lowest BCUT2D eigenvalue weighted by molar-refractivity contribution is 0.0988. The van der Waals surface area contributed by atoms with Crippen molar-refractivity contribution in [3.63, 3.8) is 0 Å². The zero-order valence-electron chi connectivity index (χ0n) is 10.6. The monoisotopic (exact) mass is 257 g/mol. The van der Waals surface area contributed by atoms with Gasteiger partial charge in [0.2, 0.25) is 5.56 Å². The third-order valence-corrected chi connectivity index (χ3v) is 2.81. The van der Waals surface area contributed by atoms with Crippen molar-refractivity contribution in [2.45, 2.75) is 6.92 Å². The number of H-pyrrole nitrogens is 1. The van der Waals surface area contributed by atoms with E-state index < -0.39 is 0 Å². The van der Waals surface area contributed by atoms with Gasteiger partial charge in [-0.15, -0.1) is 0 Å². The van der Waals surface area contributed by atoms with Crippen LogP contribution in [0.15, 0.2) is 47.4 Å². The smallest absolute Gasteiger partial charge is 0.258 e. The highest BCUT2D eigenvalue weighted by atomic mass is 16.2. The van der Waals surface area contributed by atoms with Gasteiger partial charge in [-0.25, -0.2) is 0 Å². The van der Waals surface area contributed by atoms with E-state index in [0.29, 0.717) is 23.5 Å². The van der Waals surface area contributed by atoms with Gasteiger partial charge in [0.1, 0.15) is 0 Å². The van der Waals surface area contributed by atoms with E-state index in [1.807, 2.05) is 19.1 Å². The van der Waals surface area contributed by atoms with E-state index >= 15 is 0 Å². The molecule has 5 nitrogen and oxygen atoms in total. The molecule has 3 N–H and O–H groups in total. The summed E-state index contributed by atoms with van der Waals surface area (Å²) in [5.41, 5.74) is 7.10. The second kappa shape index (κ2) is 5.39. The summed E-state index contributed by atoms with van der Waals surface area (Å²) >= 11 is 0. The third kappa shape index (κ3) is 2.65. The summed E-state index contributed by atoms with van der Waals surface area (Å²) in [6, 6.07) is 10.0. The van der Waals surface area contributed by atoms with Gasteiger partial charge in [0.15, 0.2) is 0 Å². The highest BCUT2D eigenvalue weighted by molar-refractivity contribution is 6.07. The highest BCUT2D eigenvalue weighted by Crippen LogP contribution is 2.23. The van der Waals surface area contributed by atoms with E-state index in [1.165, 1.54) is 12.3 Å². The summed E-state index contributed by atoms with van der Waals surface area (Å²) in [4.78, 5) is 27.7. The van der Waals surface area contributed by atoms with Crippen molar-refractivity contribution in [3.05, 3.63) is 58.5 Å². The van der Waals surface area contributed by atoms with Gasteiger partial charge in [0.05, 0.1) is 11.4 Å². The molecular weight excluding hydrogens is 242 g/mol. The number of nitrogens with zero attached hydrogens (tertiary/aromatic N) is 1. The first-order valence-corrected chi connectivity index (χ1v) is 5.98. The maximum absolute atomic E-state index is 12.4. The van der Waals surface area contributed by atoms with Crippen LogP contribution in [-0.4, -0.2) is 17.4 Å². The Bertz CT molecular complexity index is 649. The van der Waals surface area contributed by atoms with E-state index in [4.69, 9.17) is 5.73 Å². The van der Waals surface area contributed by atoms with Gasteiger partial charge in [0.25, 0.3) is 5.91 Å². The van der Waals surface area contributed by atoms with Crippen molar-refractivity contribution in [3.8, 4) is 0 Å². The SMILES string of the molecule is CCN(C(=O)c1cc[nH]c(=O)c1)c1ccccc1N. The molecule has 5 heteroatoms. The molecule has 2 rings (SSSR count). The zero-order valence-corrected chi connectivity index (χ0v) is 10.6. The molecule has 0 unspecified atom stereocenters. The van der Waals surface area contributed by atoms with Crippen LogP contribution in [0.5, 0.6) is 0 Å². The largest absolute Gasteiger partial charge is 0.397 e. The summed E-state index contributed by atoms with van der Waals surface area (Å²) in [6.07, 6.45) is 1.46. The standard InChI is InChI=1S/C14H15N3O2/c1-2-17(12-6-4-3-5-11(12)15)14(19)10-7-8-16-13(18)9-10/h3-9H,2,15H2,1H3,(H,16,18). The van der Waals surface area contributed by atoms with Gasteiger partial charge >= 0.3 is 0 Å². The van der Waals surface area contributed by atoms with E-state index in [1.54, 1.807) is 23.1 Å². The average Bonchev–Trinajstić information content (AvgIpc) is 2.41. The molecule has 0 atom stereocenters. The summed E-state index contributed by atoms with van der Waals surface area (Å²) in [7, 11) is 0. The molecule has 0 aliphatic rings. The Morgan fingerprint density at radius 1 is 1.32 bits per heavy atom. The van der Waals surface area contributed by atoms with Crippen LogP contribution in [0.3, 0.4) is 0 Å². The number of carbonyl (C=O) groups is 1. The fourth-order valence-electron chi connectivity index (χ4n) is 1.89. The number of aromatic amines is 1. The molecule has 19 heavy (non-hydrogen) atoms. The molecule has 1 aromatic heterocycles. The van der Waals surface area contributed by atoms with Crippen LogP contribution in [0, 0.1) is 0 Å². The van der Waals surface area contributed by atoms with Crippen LogP contribution in [0.1, 0.15) is 17.3 Å². The van der Waals surface area contributed by atoms with E-state index in [9.17, 15) is 9.59 Å². The van der Waals surface area contributed by atoms with Crippen molar-refractivity contribution < 1.29 is 4.79 Å². The van der Waals surface area contributed by atoms with Gasteiger partial charge < -0.3 is 15.6 Å². The number of nitrogen functional groups attached to an aromatic ring is 1. The predicted octanol–water partition coefficient (Wildman–Crippen LogP) is 1.62. The second-order valence-corrected chi connectivity index (χ2v) is 4.05. The van der Waals surface area contributed by atoms with Gasteiger partial charge in [0, 0.05) is 24.4 Å². The number of anilines is 2. The lowest BCUT2D eigenvalue weighted by atomic mass is 10.2. The van der Waals surface area contributed by atoms with Crippen LogP contribution in [0.4, 0.5) is 11.4 Å². The Morgan fingerprint density at radius 3 is 2.68 bits per heavy atom. The molecule has 1 amide bonds. The molecule has 0 aliphatic heterocycles. The zero-order chi connectivity index (χ0) is 13.8. The Morgan fingerprint density at radius 2 is 2.05 bits per heavy atom. The van der Waals surface area contributed by atoms with Crippen molar-refractivity contribution in [1.29, 1.82) is 0 Å². The van der Waals surface area contributed by atoms with Crippen molar-refractivity contribution in [2.75, 3.05) is 17.2 Å². The first-order valence-electron chi connectivity index (χ1n) is 5.98. The number of amides is 1.